The fraction of sp³-hybridized carbons (Fsp3) is 0.222. The number of fused-ring (bicyclic) bond motifs is 1. The smallest absolute Gasteiger partial charge is 0.305 e. The monoisotopic (exact) mass is 347 g/mol. The summed E-state index contributed by atoms with van der Waals surface area (Å²) in [4.78, 5) is 23.5. The second-order valence-electron chi connectivity index (χ2n) is 5.77. The van der Waals surface area contributed by atoms with E-state index in [9.17, 15) is 18.4 Å². The largest absolute Gasteiger partial charge is 0.481 e. The van der Waals surface area contributed by atoms with Gasteiger partial charge in [-0.3, -0.25) is 9.59 Å². The molecule has 2 aromatic rings. The molecule has 0 aliphatic carbocycles. The Morgan fingerprint density at radius 3 is 2.52 bits per heavy atom. The molecule has 2 N–H and O–H groups in total. The summed E-state index contributed by atoms with van der Waals surface area (Å²) in [5, 5.41) is 11.7. The third-order valence-electron chi connectivity index (χ3n) is 3.96. The van der Waals surface area contributed by atoms with Gasteiger partial charge in [0.2, 0.25) is 0 Å². The zero-order valence-corrected chi connectivity index (χ0v) is 13.0. The third-order valence-corrected chi connectivity index (χ3v) is 3.96. The molecule has 0 spiro atoms. The summed E-state index contributed by atoms with van der Waals surface area (Å²) in [5.41, 5.74) is 1.05. The SMILES string of the molecule is O=C(O)C[C@H](NC(=O)[C@H]1Cc2cc(F)ccc2O1)c1ccc(F)cc1. The Hall–Kier alpha value is -2.96. The Bertz CT molecular complexity index is 807. The van der Waals surface area contributed by atoms with Gasteiger partial charge < -0.3 is 15.2 Å². The van der Waals surface area contributed by atoms with E-state index in [1.807, 2.05) is 0 Å². The average molecular weight is 347 g/mol. The predicted molar refractivity (Wildman–Crippen MR) is 84.1 cm³/mol. The van der Waals surface area contributed by atoms with Crippen LogP contribution in [0.4, 0.5) is 8.78 Å². The molecular weight excluding hydrogens is 332 g/mol. The van der Waals surface area contributed by atoms with Gasteiger partial charge in [0.15, 0.2) is 6.10 Å². The first-order valence-corrected chi connectivity index (χ1v) is 7.65. The summed E-state index contributed by atoms with van der Waals surface area (Å²) in [6, 6.07) is 8.40. The fourth-order valence-electron chi connectivity index (χ4n) is 2.75. The number of amides is 1. The van der Waals surface area contributed by atoms with E-state index in [0.717, 1.165) is 0 Å². The minimum absolute atomic E-state index is 0.197. The minimum Gasteiger partial charge on any atom is -0.481 e. The van der Waals surface area contributed by atoms with Crippen molar-refractivity contribution in [3.05, 3.63) is 65.2 Å². The van der Waals surface area contributed by atoms with Crippen LogP contribution in [0.1, 0.15) is 23.6 Å². The standard InChI is InChI=1S/C18H15F2NO4/c19-12-3-1-10(2-4-12)14(9-17(22)23)21-18(24)16-8-11-7-13(20)5-6-15(11)25-16/h1-7,14,16H,8-9H2,(H,21,24)(H,22,23)/t14-,16+/m0/s1. The van der Waals surface area contributed by atoms with Crippen molar-refractivity contribution in [3.63, 3.8) is 0 Å². The summed E-state index contributed by atoms with van der Waals surface area (Å²) in [7, 11) is 0. The van der Waals surface area contributed by atoms with Gasteiger partial charge in [-0.25, -0.2) is 8.78 Å². The highest BCUT2D eigenvalue weighted by atomic mass is 19.1. The van der Waals surface area contributed by atoms with E-state index in [4.69, 9.17) is 9.84 Å². The van der Waals surface area contributed by atoms with Crippen molar-refractivity contribution in [1.29, 1.82) is 0 Å². The van der Waals surface area contributed by atoms with E-state index < -0.39 is 35.7 Å². The number of carbonyl (C=O) groups is 2. The Morgan fingerprint density at radius 1 is 1.16 bits per heavy atom. The number of halogens is 2. The van der Waals surface area contributed by atoms with Crippen molar-refractivity contribution < 1.29 is 28.2 Å². The van der Waals surface area contributed by atoms with Crippen LogP contribution >= 0.6 is 0 Å². The maximum Gasteiger partial charge on any atom is 0.305 e. The Labute approximate surface area is 142 Å². The molecule has 2 aromatic carbocycles. The number of aliphatic carboxylic acids is 1. The highest BCUT2D eigenvalue weighted by molar-refractivity contribution is 5.83. The molecule has 0 fully saturated rings. The van der Waals surface area contributed by atoms with Gasteiger partial charge >= 0.3 is 5.97 Å². The molecule has 0 radical (unpaired) electrons. The van der Waals surface area contributed by atoms with Crippen LogP contribution in [0.25, 0.3) is 0 Å². The van der Waals surface area contributed by atoms with Crippen LogP contribution in [0.15, 0.2) is 42.5 Å². The first-order chi connectivity index (χ1) is 11.9. The van der Waals surface area contributed by atoms with E-state index in [1.165, 1.54) is 42.5 Å². The molecule has 25 heavy (non-hydrogen) atoms. The molecular formula is C18H15F2NO4. The topological polar surface area (TPSA) is 75.6 Å². The molecule has 2 atom stereocenters. The van der Waals surface area contributed by atoms with Crippen LogP contribution in [0.3, 0.4) is 0 Å². The molecule has 1 heterocycles. The molecule has 0 unspecified atom stereocenters. The summed E-state index contributed by atoms with van der Waals surface area (Å²) in [6.45, 7) is 0. The zero-order chi connectivity index (χ0) is 18.0. The lowest BCUT2D eigenvalue weighted by atomic mass is 10.0. The van der Waals surface area contributed by atoms with Crippen molar-refractivity contribution >= 4 is 11.9 Å². The third kappa shape index (κ3) is 3.93. The zero-order valence-electron chi connectivity index (χ0n) is 13.0. The highest BCUT2D eigenvalue weighted by Crippen LogP contribution is 2.30. The van der Waals surface area contributed by atoms with Gasteiger partial charge in [-0.15, -0.1) is 0 Å². The second kappa shape index (κ2) is 6.88. The van der Waals surface area contributed by atoms with Gasteiger partial charge in [0.05, 0.1) is 12.5 Å². The number of benzene rings is 2. The van der Waals surface area contributed by atoms with Gasteiger partial charge in [-0.1, -0.05) is 12.1 Å². The van der Waals surface area contributed by atoms with E-state index in [-0.39, 0.29) is 12.8 Å². The molecule has 7 heteroatoms. The Morgan fingerprint density at radius 2 is 1.84 bits per heavy atom. The van der Waals surface area contributed by atoms with Crippen molar-refractivity contribution in [2.75, 3.05) is 0 Å². The van der Waals surface area contributed by atoms with Crippen LogP contribution in [-0.2, 0) is 16.0 Å². The molecule has 5 nitrogen and oxygen atoms in total. The molecule has 130 valence electrons. The van der Waals surface area contributed by atoms with Crippen molar-refractivity contribution in [2.45, 2.75) is 25.0 Å². The fourth-order valence-corrected chi connectivity index (χ4v) is 2.75. The van der Waals surface area contributed by atoms with E-state index >= 15 is 0 Å². The number of hydrogen-bond donors (Lipinski definition) is 2. The van der Waals surface area contributed by atoms with E-state index in [1.54, 1.807) is 0 Å². The van der Waals surface area contributed by atoms with Gasteiger partial charge in [-0.2, -0.15) is 0 Å². The Balaban J connectivity index is 1.72. The lowest BCUT2D eigenvalue weighted by molar-refractivity contribution is -0.138. The van der Waals surface area contributed by atoms with Crippen LogP contribution in [0.5, 0.6) is 5.75 Å². The van der Waals surface area contributed by atoms with Crippen molar-refractivity contribution in [3.8, 4) is 5.75 Å². The van der Waals surface area contributed by atoms with Crippen LogP contribution < -0.4 is 10.1 Å². The quantitative estimate of drug-likeness (QED) is 0.872. The summed E-state index contributed by atoms with van der Waals surface area (Å²) in [6.07, 6.45) is -1.03. The first-order valence-electron chi connectivity index (χ1n) is 7.65. The molecule has 1 aliphatic rings. The van der Waals surface area contributed by atoms with Crippen LogP contribution in [-0.4, -0.2) is 23.1 Å². The highest BCUT2D eigenvalue weighted by Gasteiger charge is 2.31. The normalized spacial score (nSPS) is 16.6. The lowest BCUT2D eigenvalue weighted by Crippen LogP contribution is -2.40. The number of rotatable bonds is 5. The maximum absolute atomic E-state index is 13.2. The number of nitrogens with one attached hydrogen (secondary N) is 1. The number of carboxylic acids is 1. The molecule has 3 rings (SSSR count). The lowest BCUT2D eigenvalue weighted by Gasteiger charge is -2.20. The summed E-state index contributed by atoms with van der Waals surface area (Å²) in [5.74, 6) is -2.06. The maximum atomic E-state index is 13.2. The van der Waals surface area contributed by atoms with Gasteiger partial charge in [0, 0.05) is 12.0 Å². The molecule has 0 saturated heterocycles. The summed E-state index contributed by atoms with van der Waals surface area (Å²) < 4.78 is 31.8. The van der Waals surface area contributed by atoms with Gasteiger partial charge in [0.25, 0.3) is 5.91 Å². The van der Waals surface area contributed by atoms with Crippen LogP contribution in [0, 0.1) is 11.6 Å². The van der Waals surface area contributed by atoms with Crippen molar-refractivity contribution in [1.82, 2.24) is 5.32 Å². The van der Waals surface area contributed by atoms with E-state index in [2.05, 4.69) is 5.32 Å². The summed E-state index contributed by atoms with van der Waals surface area (Å²) >= 11 is 0. The molecule has 0 saturated carbocycles. The van der Waals surface area contributed by atoms with Gasteiger partial charge in [0.1, 0.15) is 17.4 Å². The average Bonchev–Trinajstić information content (AvgIpc) is 2.97. The van der Waals surface area contributed by atoms with Crippen molar-refractivity contribution in [2.24, 2.45) is 0 Å². The first kappa shape index (κ1) is 16.9. The molecule has 0 bridgehead atoms. The molecule has 1 aliphatic heterocycles. The second-order valence-corrected chi connectivity index (χ2v) is 5.77. The van der Waals surface area contributed by atoms with Crippen LogP contribution in [0.2, 0.25) is 0 Å². The van der Waals surface area contributed by atoms with E-state index in [0.29, 0.717) is 16.9 Å². The predicted octanol–water partition coefficient (Wildman–Crippen LogP) is 2.60. The number of hydrogen-bond acceptors (Lipinski definition) is 3. The number of ether oxygens (including phenoxy) is 1. The molecule has 1 amide bonds. The van der Waals surface area contributed by atoms with Gasteiger partial charge in [-0.05, 0) is 35.9 Å². The minimum atomic E-state index is -1.10. The number of carbonyl (C=O) groups excluding carboxylic acids is 1. The number of carboxylic acid groups (broad SMARTS) is 1. The molecule has 0 aromatic heterocycles. The Kier molecular flexibility index (Phi) is 4.65.